The molecular weight excluding hydrogens is 516 g/mol. The fourth-order valence-corrected chi connectivity index (χ4v) is 8.72. The van der Waals surface area contributed by atoms with Gasteiger partial charge >= 0.3 is 17.9 Å². The van der Waals surface area contributed by atoms with E-state index in [1.165, 1.54) is 7.11 Å². The van der Waals surface area contributed by atoms with Crippen LogP contribution in [0.3, 0.4) is 0 Å². The Kier molecular flexibility index (Phi) is 5.99. The largest absolute Gasteiger partial charge is 0.472 e. The Hall–Kier alpha value is -2.91. The summed E-state index contributed by atoms with van der Waals surface area (Å²) in [5, 5.41) is 12.5. The molecule has 9 heteroatoms. The van der Waals surface area contributed by atoms with Gasteiger partial charge in [-0.3, -0.25) is 9.59 Å². The number of ether oxygens (including phenoxy) is 4. The van der Waals surface area contributed by atoms with E-state index in [-0.39, 0.29) is 30.8 Å². The topological polar surface area (TPSA) is 122 Å². The van der Waals surface area contributed by atoms with Crippen molar-refractivity contribution in [1.82, 2.24) is 0 Å². The standard InChI is InChI=1S/C31H38O9/c1-16(2)27(34)40-26-21-11-18-19(30(5)22(13-23(32)36-6)29(26,4)15-38-31(21,30)35)7-9-28(3)20(18)12-24(33)39-25(28)17-8-10-37-14-17/h8,10-12,14,16,19,21-22,25-26,35H,7,9,13,15H2,1-6H3. The SMILES string of the molecule is COC(=O)CC1C2(C)COC3(O)C(C=C4C5=CC(=O)OC(c6ccoc6)C5(C)CCC4C13C)C2OC(=O)C(C)C. The third-order valence-corrected chi connectivity index (χ3v) is 10.9. The Labute approximate surface area is 233 Å². The van der Waals surface area contributed by atoms with Gasteiger partial charge in [-0.1, -0.05) is 40.7 Å². The van der Waals surface area contributed by atoms with Crippen LogP contribution in [-0.2, 0) is 33.3 Å². The van der Waals surface area contributed by atoms with Gasteiger partial charge in [0.1, 0.15) is 12.2 Å². The van der Waals surface area contributed by atoms with Crippen LogP contribution in [0.5, 0.6) is 0 Å². The van der Waals surface area contributed by atoms with Gasteiger partial charge in [-0.2, -0.15) is 0 Å². The first-order chi connectivity index (χ1) is 18.8. The van der Waals surface area contributed by atoms with Crippen LogP contribution in [0.2, 0.25) is 0 Å². The number of hydrogen-bond acceptors (Lipinski definition) is 9. The van der Waals surface area contributed by atoms with Crippen molar-refractivity contribution in [2.45, 2.75) is 71.9 Å². The van der Waals surface area contributed by atoms with E-state index in [4.69, 9.17) is 23.4 Å². The number of carbonyl (C=O) groups is 3. The van der Waals surface area contributed by atoms with Crippen molar-refractivity contribution in [3.05, 3.63) is 47.5 Å². The molecule has 4 bridgehead atoms. The van der Waals surface area contributed by atoms with Gasteiger partial charge < -0.3 is 28.5 Å². The maximum atomic E-state index is 13.0. The van der Waals surface area contributed by atoms with Crippen molar-refractivity contribution in [1.29, 1.82) is 0 Å². The highest BCUT2D eigenvalue weighted by molar-refractivity contribution is 5.86. The molecule has 6 aliphatic rings. The fourth-order valence-electron chi connectivity index (χ4n) is 8.72. The van der Waals surface area contributed by atoms with Crippen LogP contribution in [-0.4, -0.2) is 48.6 Å². The second-order valence-corrected chi connectivity index (χ2v) is 13.2. The van der Waals surface area contributed by atoms with E-state index in [0.717, 1.165) is 16.7 Å². The molecule has 4 fully saturated rings. The summed E-state index contributed by atoms with van der Waals surface area (Å²) in [6.45, 7) is 9.74. The molecule has 1 N–H and O–H groups in total. The van der Waals surface area contributed by atoms with Crippen molar-refractivity contribution in [3.8, 4) is 0 Å². The first kappa shape index (κ1) is 27.3. The molecule has 0 amide bonds. The lowest BCUT2D eigenvalue weighted by Crippen LogP contribution is -2.79. The van der Waals surface area contributed by atoms with E-state index >= 15 is 0 Å². The van der Waals surface area contributed by atoms with Crippen LogP contribution >= 0.6 is 0 Å². The molecule has 0 aromatic carbocycles. The smallest absolute Gasteiger partial charge is 0.331 e. The minimum Gasteiger partial charge on any atom is -0.472 e. The van der Waals surface area contributed by atoms with E-state index in [9.17, 15) is 19.5 Å². The number of methoxy groups -OCH3 is 1. The zero-order chi connectivity index (χ0) is 28.8. The van der Waals surface area contributed by atoms with Crippen LogP contribution in [0.25, 0.3) is 0 Å². The molecule has 9 unspecified atom stereocenters. The third-order valence-electron chi connectivity index (χ3n) is 10.9. The average molecular weight is 555 g/mol. The van der Waals surface area contributed by atoms with Crippen molar-refractivity contribution < 1.29 is 42.9 Å². The highest BCUT2D eigenvalue weighted by Gasteiger charge is 2.78. The van der Waals surface area contributed by atoms with Crippen LogP contribution in [0.1, 0.15) is 65.5 Å². The van der Waals surface area contributed by atoms with Crippen molar-refractivity contribution in [2.24, 2.45) is 39.9 Å². The number of fused-ring (bicyclic) bond motifs is 4. The molecule has 7 rings (SSSR count). The molecule has 0 radical (unpaired) electrons. The monoisotopic (exact) mass is 554 g/mol. The summed E-state index contributed by atoms with van der Waals surface area (Å²) in [5.74, 6) is -4.63. The number of carbonyl (C=O) groups excluding carboxylic acids is 3. The zero-order valence-electron chi connectivity index (χ0n) is 23.9. The number of furan rings is 1. The number of esters is 3. The molecule has 3 aliphatic carbocycles. The normalized spacial score (nSPS) is 43.2. The highest BCUT2D eigenvalue weighted by Crippen LogP contribution is 2.74. The summed E-state index contributed by atoms with van der Waals surface area (Å²) >= 11 is 0. The number of aliphatic hydroxyl groups is 1. The molecule has 1 aromatic heterocycles. The summed E-state index contributed by atoms with van der Waals surface area (Å²) in [7, 11) is 1.35. The summed E-state index contributed by atoms with van der Waals surface area (Å²) in [5.41, 5.74) is 0.311. The van der Waals surface area contributed by atoms with E-state index in [1.54, 1.807) is 32.4 Å². The highest BCUT2D eigenvalue weighted by atomic mass is 16.6. The lowest BCUT2D eigenvalue weighted by atomic mass is 9.38. The van der Waals surface area contributed by atoms with Gasteiger partial charge in [0.15, 0.2) is 5.79 Å². The maximum absolute atomic E-state index is 13.0. The minimum atomic E-state index is -1.69. The number of cyclic esters (lactones) is 1. The quantitative estimate of drug-likeness (QED) is 0.420. The van der Waals surface area contributed by atoms with E-state index in [1.807, 2.05) is 26.0 Å². The minimum absolute atomic E-state index is 0.0391. The Morgan fingerprint density at radius 3 is 2.62 bits per heavy atom. The van der Waals surface area contributed by atoms with Crippen LogP contribution in [0.4, 0.5) is 0 Å². The molecule has 3 aliphatic heterocycles. The number of allylic oxidation sites excluding steroid dienone is 1. The molecule has 9 atom stereocenters. The van der Waals surface area contributed by atoms with Gasteiger partial charge in [-0.05, 0) is 41.9 Å². The Balaban J connectivity index is 1.54. The first-order valence-electron chi connectivity index (χ1n) is 14.1. The summed E-state index contributed by atoms with van der Waals surface area (Å²) in [4.78, 5) is 38.8. The number of hydrogen-bond donors (Lipinski definition) is 1. The third kappa shape index (κ3) is 3.36. The Morgan fingerprint density at radius 1 is 1.23 bits per heavy atom. The zero-order valence-corrected chi connectivity index (χ0v) is 23.9. The van der Waals surface area contributed by atoms with Crippen LogP contribution in [0, 0.1) is 39.9 Å². The van der Waals surface area contributed by atoms with Crippen molar-refractivity contribution in [3.63, 3.8) is 0 Å². The van der Waals surface area contributed by atoms with Gasteiger partial charge in [-0.25, -0.2) is 4.79 Å². The predicted molar refractivity (Wildman–Crippen MR) is 140 cm³/mol. The second kappa shape index (κ2) is 8.79. The predicted octanol–water partition coefficient (Wildman–Crippen LogP) is 4.27. The lowest BCUT2D eigenvalue weighted by Gasteiger charge is -2.73. The number of rotatable bonds is 5. The van der Waals surface area contributed by atoms with Crippen LogP contribution < -0.4 is 0 Å². The molecule has 9 nitrogen and oxygen atoms in total. The Morgan fingerprint density at radius 2 is 1.98 bits per heavy atom. The first-order valence-corrected chi connectivity index (χ1v) is 14.1. The van der Waals surface area contributed by atoms with Crippen molar-refractivity contribution >= 4 is 17.9 Å². The van der Waals surface area contributed by atoms with Gasteiger partial charge in [0.2, 0.25) is 0 Å². The summed E-state index contributed by atoms with van der Waals surface area (Å²) in [6, 6.07) is 1.81. The Bertz CT molecular complexity index is 1310. The fraction of sp³-hybridized carbons (Fsp3) is 0.645. The molecule has 0 spiro atoms. The lowest BCUT2D eigenvalue weighted by molar-refractivity contribution is -0.426. The maximum Gasteiger partial charge on any atom is 0.331 e. The molecule has 2 saturated carbocycles. The van der Waals surface area contributed by atoms with E-state index in [2.05, 4.69) is 6.92 Å². The van der Waals surface area contributed by atoms with Crippen molar-refractivity contribution in [2.75, 3.05) is 13.7 Å². The average Bonchev–Trinajstić information content (AvgIpc) is 3.44. The van der Waals surface area contributed by atoms with Gasteiger partial charge in [0, 0.05) is 34.3 Å². The summed E-state index contributed by atoms with van der Waals surface area (Å²) < 4.78 is 28.8. The molecule has 216 valence electrons. The van der Waals surface area contributed by atoms with Gasteiger partial charge in [-0.15, -0.1) is 0 Å². The molecular formula is C31H38O9. The molecule has 1 aromatic rings. The molecule has 40 heavy (non-hydrogen) atoms. The summed E-state index contributed by atoms with van der Waals surface area (Å²) in [6.07, 6.45) is 6.81. The second-order valence-electron chi connectivity index (χ2n) is 13.2. The van der Waals surface area contributed by atoms with Gasteiger partial charge in [0.05, 0.1) is 38.1 Å². The van der Waals surface area contributed by atoms with E-state index in [0.29, 0.717) is 12.8 Å². The molecule has 2 saturated heterocycles. The van der Waals surface area contributed by atoms with Crippen LogP contribution in [0.15, 0.2) is 46.3 Å². The van der Waals surface area contributed by atoms with E-state index < -0.39 is 58.0 Å². The van der Waals surface area contributed by atoms with Gasteiger partial charge in [0.25, 0.3) is 0 Å². The molecule has 4 heterocycles.